The number of carbonyl (C=O) groups excluding carboxylic acids is 1. The van der Waals surface area contributed by atoms with E-state index >= 15 is 0 Å². The lowest BCUT2D eigenvalue weighted by Crippen LogP contribution is -2.35. The van der Waals surface area contributed by atoms with E-state index < -0.39 is 11.7 Å². The van der Waals surface area contributed by atoms with Crippen LogP contribution in [0.2, 0.25) is 0 Å². The fourth-order valence-electron chi connectivity index (χ4n) is 2.04. The lowest BCUT2D eigenvalue weighted by molar-refractivity contribution is 0.0529. The van der Waals surface area contributed by atoms with Gasteiger partial charge in [-0.2, -0.15) is 0 Å². The second-order valence-corrected chi connectivity index (χ2v) is 6.51. The molecule has 0 saturated carbocycles. The summed E-state index contributed by atoms with van der Waals surface area (Å²) in [7, 11) is 1.53. The van der Waals surface area contributed by atoms with E-state index in [2.05, 4.69) is 10.6 Å². The Hall–Kier alpha value is -2.70. The first-order chi connectivity index (χ1) is 11.7. The molecule has 1 amide bonds. The van der Waals surface area contributed by atoms with Gasteiger partial charge in [0.1, 0.15) is 5.60 Å². The second-order valence-electron chi connectivity index (χ2n) is 6.51. The van der Waals surface area contributed by atoms with Crippen molar-refractivity contribution in [2.75, 3.05) is 25.9 Å². The van der Waals surface area contributed by atoms with E-state index in [9.17, 15) is 4.79 Å². The highest BCUT2D eigenvalue weighted by Crippen LogP contribution is 2.27. The molecular formula is C18H28N4O3. The smallest absolute Gasteiger partial charge is 0.407 e. The predicted octanol–water partition coefficient (Wildman–Crippen LogP) is 2.66. The van der Waals surface area contributed by atoms with Crippen LogP contribution in [0.25, 0.3) is 0 Å². The van der Waals surface area contributed by atoms with Crippen LogP contribution in [-0.2, 0) is 4.74 Å². The molecule has 0 radical (unpaired) electrons. The summed E-state index contributed by atoms with van der Waals surface area (Å²) in [5.74, 6) is 0.492. The molecule has 0 spiro atoms. The maximum Gasteiger partial charge on any atom is 0.407 e. The van der Waals surface area contributed by atoms with Crippen molar-refractivity contribution in [2.24, 2.45) is 0 Å². The SMILES string of the molecule is COc1c(N)cccc1C(=N)/C(C)=C\NCCNC(=O)OC(C)(C)C. The molecule has 1 rings (SSSR count). The van der Waals surface area contributed by atoms with E-state index in [-0.39, 0.29) is 0 Å². The van der Waals surface area contributed by atoms with Crippen molar-refractivity contribution in [2.45, 2.75) is 33.3 Å². The molecule has 0 bridgehead atoms. The minimum Gasteiger partial charge on any atom is -0.494 e. The molecule has 1 aromatic carbocycles. The van der Waals surface area contributed by atoms with Gasteiger partial charge in [-0.15, -0.1) is 0 Å². The summed E-state index contributed by atoms with van der Waals surface area (Å²) in [6.45, 7) is 8.18. The molecule has 0 aliphatic rings. The van der Waals surface area contributed by atoms with Gasteiger partial charge in [0, 0.05) is 24.9 Å². The van der Waals surface area contributed by atoms with Gasteiger partial charge < -0.3 is 25.8 Å². The number of amides is 1. The second kappa shape index (κ2) is 8.96. The number of nitrogen functional groups attached to an aromatic ring is 1. The van der Waals surface area contributed by atoms with Gasteiger partial charge in [0.25, 0.3) is 0 Å². The molecule has 0 aliphatic heterocycles. The van der Waals surface area contributed by atoms with Crippen LogP contribution in [0.5, 0.6) is 5.75 Å². The summed E-state index contributed by atoms with van der Waals surface area (Å²) in [5.41, 5.74) is 7.52. The van der Waals surface area contributed by atoms with Crippen LogP contribution in [0, 0.1) is 5.41 Å². The van der Waals surface area contributed by atoms with Crippen molar-refractivity contribution in [3.8, 4) is 5.75 Å². The number of ether oxygens (including phenoxy) is 2. The Morgan fingerprint density at radius 3 is 2.60 bits per heavy atom. The van der Waals surface area contributed by atoms with Gasteiger partial charge in [0.05, 0.1) is 18.5 Å². The largest absolute Gasteiger partial charge is 0.494 e. The third-order valence-electron chi connectivity index (χ3n) is 3.17. The van der Waals surface area contributed by atoms with Crippen molar-refractivity contribution < 1.29 is 14.3 Å². The van der Waals surface area contributed by atoms with Crippen molar-refractivity contribution in [1.82, 2.24) is 10.6 Å². The summed E-state index contributed by atoms with van der Waals surface area (Å²) in [5, 5.41) is 14.0. The lowest BCUT2D eigenvalue weighted by Gasteiger charge is -2.19. The van der Waals surface area contributed by atoms with Crippen LogP contribution in [0.3, 0.4) is 0 Å². The zero-order valence-corrected chi connectivity index (χ0v) is 15.5. The number of nitrogens with two attached hydrogens (primary N) is 1. The maximum atomic E-state index is 11.5. The van der Waals surface area contributed by atoms with Gasteiger partial charge in [-0.1, -0.05) is 6.07 Å². The van der Waals surface area contributed by atoms with Crippen LogP contribution in [0.1, 0.15) is 33.3 Å². The standard InChI is InChI=1S/C18H28N4O3/c1-12(11-21-9-10-22-17(23)25-18(2,3)4)15(20)13-7-6-8-14(19)16(13)24-5/h6-8,11,20-21H,9-10,19H2,1-5H3,(H,22,23)/b12-11-,20-15?. The Morgan fingerprint density at radius 2 is 2.00 bits per heavy atom. The quantitative estimate of drug-likeness (QED) is 0.344. The summed E-state index contributed by atoms with van der Waals surface area (Å²) in [6.07, 6.45) is 1.27. The molecule has 138 valence electrons. The highest BCUT2D eigenvalue weighted by molar-refractivity contribution is 6.12. The number of anilines is 1. The van der Waals surface area contributed by atoms with E-state index in [1.54, 1.807) is 24.4 Å². The number of benzene rings is 1. The monoisotopic (exact) mass is 348 g/mol. The van der Waals surface area contributed by atoms with Crippen molar-refractivity contribution in [3.05, 3.63) is 35.5 Å². The van der Waals surface area contributed by atoms with E-state index in [1.165, 1.54) is 7.11 Å². The number of hydrogen-bond donors (Lipinski definition) is 4. The summed E-state index contributed by atoms with van der Waals surface area (Å²) < 4.78 is 10.4. The Balaban J connectivity index is 2.52. The number of methoxy groups -OCH3 is 1. The summed E-state index contributed by atoms with van der Waals surface area (Å²) in [6, 6.07) is 5.31. The minimum absolute atomic E-state index is 0.316. The van der Waals surface area contributed by atoms with E-state index in [1.807, 2.05) is 27.7 Å². The lowest BCUT2D eigenvalue weighted by atomic mass is 10.0. The first kappa shape index (κ1) is 20.3. The van der Waals surface area contributed by atoms with E-state index in [4.69, 9.17) is 20.6 Å². The average Bonchev–Trinajstić information content (AvgIpc) is 2.51. The Kier molecular flexibility index (Phi) is 7.29. The topological polar surface area (TPSA) is 109 Å². The van der Waals surface area contributed by atoms with Crippen LogP contribution in [0.4, 0.5) is 10.5 Å². The Bertz CT molecular complexity index is 648. The minimum atomic E-state index is -0.514. The molecule has 7 nitrogen and oxygen atoms in total. The third-order valence-corrected chi connectivity index (χ3v) is 3.17. The normalized spacial score (nSPS) is 11.6. The molecule has 0 aliphatic carbocycles. The molecule has 5 N–H and O–H groups in total. The number of hydrogen-bond acceptors (Lipinski definition) is 6. The van der Waals surface area contributed by atoms with Gasteiger partial charge >= 0.3 is 6.09 Å². The highest BCUT2D eigenvalue weighted by atomic mass is 16.6. The number of carbonyl (C=O) groups is 1. The first-order valence-corrected chi connectivity index (χ1v) is 8.04. The fraction of sp³-hybridized carbons (Fsp3) is 0.444. The molecule has 0 aromatic heterocycles. The number of allylic oxidation sites excluding steroid dienone is 1. The van der Waals surface area contributed by atoms with E-state index in [0.29, 0.717) is 35.8 Å². The molecule has 0 heterocycles. The molecular weight excluding hydrogens is 320 g/mol. The van der Waals surface area contributed by atoms with Crippen molar-refractivity contribution in [1.29, 1.82) is 5.41 Å². The maximum absolute atomic E-state index is 11.5. The van der Waals surface area contributed by atoms with Gasteiger partial charge in [0.2, 0.25) is 0 Å². The Morgan fingerprint density at radius 1 is 1.32 bits per heavy atom. The van der Waals surface area contributed by atoms with Gasteiger partial charge in [-0.05, 0) is 45.4 Å². The highest BCUT2D eigenvalue weighted by Gasteiger charge is 2.15. The van der Waals surface area contributed by atoms with Gasteiger partial charge in [-0.25, -0.2) is 4.79 Å². The van der Waals surface area contributed by atoms with Crippen LogP contribution in [0.15, 0.2) is 30.0 Å². The number of rotatable bonds is 7. The molecule has 0 saturated heterocycles. The summed E-state index contributed by atoms with van der Waals surface area (Å²) in [4.78, 5) is 11.5. The number of alkyl carbamates (subject to hydrolysis) is 1. The molecule has 1 aromatic rings. The van der Waals surface area contributed by atoms with E-state index in [0.717, 1.165) is 5.57 Å². The molecule has 25 heavy (non-hydrogen) atoms. The van der Waals surface area contributed by atoms with Crippen molar-refractivity contribution in [3.63, 3.8) is 0 Å². The molecule has 7 heteroatoms. The predicted molar refractivity (Wildman–Crippen MR) is 100 cm³/mol. The van der Waals surface area contributed by atoms with Crippen LogP contribution >= 0.6 is 0 Å². The average molecular weight is 348 g/mol. The fourth-order valence-corrected chi connectivity index (χ4v) is 2.04. The third kappa shape index (κ3) is 6.74. The molecule has 0 atom stereocenters. The zero-order chi connectivity index (χ0) is 19.0. The molecule has 0 unspecified atom stereocenters. The zero-order valence-electron chi connectivity index (χ0n) is 15.5. The summed E-state index contributed by atoms with van der Waals surface area (Å²) >= 11 is 0. The van der Waals surface area contributed by atoms with Crippen LogP contribution in [-0.4, -0.2) is 37.6 Å². The first-order valence-electron chi connectivity index (χ1n) is 8.04. The van der Waals surface area contributed by atoms with Crippen LogP contribution < -0.4 is 21.1 Å². The number of nitrogens with one attached hydrogen (secondary N) is 3. The van der Waals surface area contributed by atoms with Crippen molar-refractivity contribution >= 4 is 17.5 Å². The molecule has 0 fully saturated rings. The Labute approximate surface area is 149 Å². The number of para-hydroxylation sites is 1. The van der Waals surface area contributed by atoms with Gasteiger partial charge in [0.15, 0.2) is 5.75 Å². The van der Waals surface area contributed by atoms with Gasteiger partial charge in [-0.3, -0.25) is 5.41 Å².